The number of nitro benzene ring substituents is 1. The molecule has 0 spiro atoms. The van der Waals surface area contributed by atoms with Crippen molar-refractivity contribution in [1.29, 1.82) is 0 Å². The van der Waals surface area contributed by atoms with E-state index in [2.05, 4.69) is 451 Å². The first-order valence-electron chi connectivity index (χ1n) is 49.9. The van der Waals surface area contributed by atoms with Crippen molar-refractivity contribution in [2.75, 3.05) is 0 Å². The summed E-state index contributed by atoms with van der Waals surface area (Å²) in [5.74, 6) is 0. The molecule has 0 saturated carbocycles. The molecule has 146 heavy (non-hydrogen) atoms. The van der Waals surface area contributed by atoms with E-state index in [0.29, 0.717) is 10.8 Å². The van der Waals surface area contributed by atoms with Crippen molar-refractivity contribution in [2.45, 2.75) is 13.8 Å². The van der Waals surface area contributed by atoms with Gasteiger partial charge in [-0.15, -0.1) is 0 Å². The fourth-order valence-corrected chi connectivity index (χ4v) is 24.4. The second-order valence-electron chi connectivity index (χ2n) is 38.4. The van der Waals surface area contributed by atoms with Gasteiger partial charge in [0.2, 0.25) is 0 Å². The number of furan rings is 3. The standard InChI is InChI=1S/2C47H30O.C46H27NO3/c2*1-29-32-16-5-7-18-34(32)45(35-19-8-6-17-33(29)35)31-26-27-43-42(28-31)40-24-13-25-41(47(40)48-43)46-38-22-11-9-20-36(38)44(30-14-3-2-4-15-30)37-21-10-12-23-39(37)46;48-47(49)45-36-21-10-8-19-34(36)43(35-20-9-11-22-37(35)45)29-25-26-41-40(27-29)38-23-12-24-39(46(38)50-41)44-32-17-6-4-15-30(32)42(28-13-2-1-3-14-28)31-16-5-7-18-33(31)44/h2*2-28H,1H3;1-27H. The number of para-hydroxylation sites is 3. The van der Waals surface area contributed by atoms with Crippen LogP contribution in [0.15, 0.2) is 505 Å². The number of hydrogen-bond donors (Lipinski definition) is 0. The van der Waals surface area contributed by atoms with E-state index in [1.807, 2.05) is 54.6 Å². The van der Waals surface area contributed by atoms with Crippen LogP contribution in [0.25, 0.3) is 295 Å². The average Bonchev–Trinajstić information content (AvgIpc) is 1.61. The van der Waals surface area contributed by atoms with Crippen LogP contribution in [0.4, 0.5) is 5.69 Å². The Labute approximate surface area is 839 Å². The number of nitrogens with zero attached hydrogens (tertiary/aromatic N) is 1. The summed E-state index contributed by atoms with van der Waals surface area (Å²) in [6, 6.07) is 175. The maximum absolute atomic E-state index is 12.4. The zero-order chi connectivity index (χ0) is 96.9. The Bertz CT molecular complexity index is 9980. The van der Waals surface area contributed by atoms with Gasteiger partial charge >= 0.3 is 0 Å². The molecule has 30 rings (SSSR count). The van der Waals surface area contributed by atoms with Crippen molar-refractivity contribution < 1.29 is 18.2 Å². The third-order valence-electron chi connectivity index (χ3n) is 30.6. The van der Waals surface area contributed by atoms with E-state index in [1.165, 1.54) is 186 Å². The van der Waals surface area contributed by atoms with Gasteiger partial charge in [-0.25, -0.2) is 0 Å². The number of non-ortho nitro benzene ring substituents is 1. The fraction of sp³-hybridized carbons (Fsp3) is 0.0143. The van der Waals surface area contributed by atoms with Gasteiger partial charge in [-0.05, 0) is 259 Å². The van der Waals surface area contributed by atoms with Crippen LogP contribution < -0.4 is 0 Å². The molecule has 0 aliphatic rings. The number of rotatable bonds is 10. The second-order valence-corrected chi connectivity index (χ2v) is 38.4. The molecule has 0 atom stereocenters. The highest BCUT2D eigenvalue weighted by Gasteiger charge is 2.29. The van der Waals surface area contributed by atoms with Crippen LogP contribution in [0.3, 0.4) is 0 Å². The molecule has 3 aromatic heterocycles. The van der Waals surface area contributed by atoms with Gasteiger partial charge in [-0.2, -0.15) is 0 Å². The van der Waals surface area contributed by atoms with Crippen molar-refractivity contribution in [3.05, 3.63) is 513 Å². The lowest BCUT2D eigenvalue weighted by Gasteiger charge is -2.17. The molecule has 0 N–H and O–H groups in total. The first-order valence-corrected chi connectivity index (χ1v) is 49.9. The highest BCUT2D eigenvalue weighted by molar-refractivity contribution is 6.30. The summed E-state index contributed by atoms with van der Waals surface area (Å²) in [4.78, 5) is 12.1. The molecule has 0 saturated heterocycles. The number of aryl methyl sites for hydroxylation is 2. The minimum absolute atomic E-state index is 0.136. The lowest BCUT2D eigenvalue weighted by Crippen LogP contribution is -1.94. The topological polar surface area (TPSA) is 82.6 Å². The largest absolute Gasteiger partial charge is 0.455 e. The maximum atomic E-state index is 12.4. The van der Waals surface area contributed by atoms with Gasteiger partial charge in [-0.3, -0.25) is 10.1 Å². The van der Waals surface area contributed by atoms with Crippen LogP contribution in [-0.2, 0) is 0 Å². The smallest absolute Gasteiger partial charge is 0.284 e. The van der Waals surface area contributed by atoms with E-state index < -0.39 is 0 Å². The lowest BCUT2D eigenvalue weighted by atomic mass is 9.85. The Hall–Kier alpha value is -19.1. The molecule has 0 fully saturated rings. The summed E-state index contributed by atoms with van der Waals surface area (Å²) >= 11 is 0. The molecular formula is C140H87NO5. The van der Waals surface area contributed by atoms with E-state index in [4.69, 9.17) is 13.3 Å². The van der Waals surface area contributed by atoms with E-state index in [1.54, 1.807) is 0 Å². The normalized spacial score (nSPS) is 11.8. The quantitative estimate of drug-likeness (QED) is 0.0774. The molecular weight excluding hydrogens is 1780 g/mol. The number of fused-ring (bicyclic) bond motifs is 21. The Balaban J connectivity index is 0.000000106. The van der Waals surface area contributed by atoms with Gasteiger partial charge in [0.25, 0.3) is 5.69 Å². The highest BCUT2D eigenvalue weighted by Crippen LogP contribution is 2.55. The first-order chi connectivity index (χ1) is 72.2. The van der Waals surface area contributed by atoms with E-state index in [0.717, 1.165) is 110 Å². The zero-order valence-corrected chi connectivity index (χ0v) is 79.8. The third kappa shape index (κ3) is 13.4. The van der Waals surface area contributed by atoms with Crippen LogP contribution >= 0.6 is 0 Å². The SMILES string of the molecule is Cc1c2ccccc2c(-c2ccc3oc4c(-c5c6ccccc6c(-c6ccccc6)c6ccccc56)cccc4c3c2)c2ccccc12.Cc1c2ccccc2c(-c2ccc3oc4c(-c5c6ccccc6c(-c6ccccc6)c6ccccc56)cccc4c3c2)c2ccccc12.O=[N+]([O-])c1c2ccccc2c(-c2ccc3oc4c(-c5c6ccccc6c(-c6ccccc6)c6ccccc56)cccc4c3c2)c2ccccc12. The minimum Gasteiger partial charge on any atom is -0.455 e. The molecule has 0 amide bonds. The van der Waals surface area contributed by atoms with Gasteiger partial charge in [0.15, 0.2) is 0 Å². The summed E-state index contributed by atoms with van der Waals surface area (Å²) in [5, 5.41) is 46.7. The van der Waals surface area contributed by atoms with Crippen LogP contribution in [-0.4, -0.2) is 4.92 Å². The van der Waals surface area contributed by atoms with Gasteiger partial charge in [0.05, 0.1) is 15.7 Å². The van der Waals surface area contributed by atoms with Crippen LogP contribution in [0.5, 0.6) is 0 Å². The molecule has 682 valence electrons. The summed E-state index contributed by atoms with van der Waals surface area (Å²) in [6.07, 6.45) is 0. The fourth-order valence-electron chi connectivity index (χ4n) is 24.4. The Morgan fingerprint density at radius 3 is 0.548 bits per heavy atom. The Kier molecular flexibility index (Phi) is 20.0. The molecule has 0 unspecified atom stereocenters. The molecule has 0 aliphatic heterocycles. The van der Waals surface area contributed by atoms with Gasteiger partial charge in [-0.1, -0.05) is 443 Å². The Morgan fingerprint density at radius 1 is 0.158 bits per heavy atom. The molecule has 0 aliphatic carbocycles. The summed E-state index contributed by atoms with van der Waals surface area (Å²) in [6.45, 7) is 4.48. The Morgan fingerprint density at radius 2 is 0.329 bits per heavy atom. The molecule has 30 aromatic rings. The zero-order valence-electron chi connectivity index (χ0n) is 79.8. The number of benzene rings is 27. The van der Waals surface area contributed by atoms with Crippen LogP contribution in [0.2, 0.25) is 0 Å². The molecule has 6 nitrogen and oxygen atoms in total. The van der Waals surface area contributed by atoms with E-state index >= 15 is 0 Å². The molecule has 0 radical (unpaired) electrons. The second kappa shape index (κ2) is 34.4. The predicted molar refractivity (Wildman–Crippen MR) is 616 cm³/mol. The lowest BCUT2D eigenvalue weighted by molar-refractivity contribution is -0.381. The maximum Gasteiger partial charge on any atom is 0.284 e. The predicted octanol–water partition coefficient (Wildman–Crippen LogP) is 40.1. The molecule has 6 heteroatoms. The van der Waals surface area contributed by atoms with E-state index in [9.17, 15) is 10.1 Å². The van der Waals surface area contributed by atoms with Crippen molar-refractivity contribution in [1.82, 2.24) is 0 Å². The minimum atomic E-state index is -0.261. The molecule has 0 bridgehead atoms. The number of nitro groups is 1. The van der Waals surface area contributed by atoms with Gasteiger partial charge in [0, 0.05) is 65.7 Å². The molecule has 3 heterocycles. The van der Waals surface area contributed by atoms with Gasteiger partial charge < -0.3 is 13.3 Å². The van der Waals surface area contributed by atoms with Crippen molar-refractivity contribution in [2.24, 2.45) is 0 Å². The van der Waals surface area contributed by atoms with Crippen molar-refractivity contribution in [3.8, 4) is 100 Å². The first kappa shape index (κ1) is 84.9. The van der Waals surface area contributed by atoms with E-state index in [-0.39, 0.29) is 10.6 Å². The van der Waals surface area contributed by atoms with Crippen LogP contribution in [0.1, 0.15) is 11.1 Å². The summed E-state index contributed by atoms with van der Waals surface area (Å²) in [7, 11) is 0. The van der Waals surface area contributed by atoms with Crippen LogP contribution in [0, 0.1) is 24.0 Å². The monoisotopic (exact) mass is 1860 g/mol. The number of hydrogen-bond acceptors (Lipinski definition) is 5. The third-order valence-corrected chi connectivity index (χ3v) is 30.6. The van der Waals surface area contributed by atoms with Crippen molar-refractivity contribution in [3.63, 3.8) is 0 Å². The molecule has 27 aromatic carbocycles. The average molecular weight is 1860 g/mol. The summed E-state index contributed by atoms with van der Waals surface area (Å²) in [5.41, 5.74) is 29.2. The highest BCUT2D eigenvalue weighted by atomic mass is 16.6. The van der Waals surface area contributed by atoms with Gasteiger partial charge in [0.1, 0.15) is 33.5 Å². The van der Waals surface area contributed by atoms with Crippen molar-refractivity contribution >= 4 is 201 Å². The summed E-state index contributed by atoms with van der Waals surface area (Å²) < 4.78 is 20.4.